The predicted octanol–water partition coefficient (Wildman–Crippen LogP) is 1.86. The zero-order valence-electron chi connectivity index (χ0n) is 23.6. The Morgan fingerprint density at radius 2 is 1.67 bits per heavy atom. The number of hydrogen-bond donors (Lipinski definition) is 3. The number of nitrogens with one attached hydrogen (secondary N) is 2. The molecule has 2 aromatic rings. The van der Waals surface area contributed by atoms with E-state index in [0.29, 0.717) is 11.3 Å². The van der Waals surface area contributed by atoms with Gasteiger partial charge < -0.3 is 34.9 Å². The largest absolute Gasteiger partial charge is 0.494 e. The molecular weight excluding hydrogens is 550 g/mol. The maximum atomic E-state index is 12.6. The molecule has 3 amide bonds. The Bertz CT molecular complexity index is 1320. The number of methoxy groups -OCH3 is 1. The molecule has 1 fully saturated rings. The summed E-state index contributed by atoms with van der Waals surface area (Å²) in [6.45, 7) is 5.00. The predicted molar refractivity (Wildman–Crippen MR) is 147 cm³/mol. The minimum atomic E-state index is -1.21. The van der Waals surface area contributed by atoms with Crippen molar-refractivity contribution in [2.75, 3.05) is 20.3 Å². The van der Waals surface area contributed by atoms with Crippen molar-refractivity contribution in [2.45, 2.75) is 50.9 Å². The van der Waals surface area contributed by atoms with Crippen molar-refractivity contribution < 1.29 is 48.1 Å². The van der Waals surface area contributed by atoms with Crippen LogP contribution >= 0.6 is 0 Å². The van der Waals surface area contributed by atoms with Crippen molar-refractivity contribution in [3.63, 3.8) is 0 Å². The lowest BCUT2D eigenvalue weighted by atomic mass is 9.98. The minimum Gasteiger partial charge on any atom is -0.494 e. The van der Waals surface area contributed by atoms with Gasteiger partial charge in [-0.15, -0.1) is 0 Å². The number of aliphatic carboxylic acids is 1. The average Bonchev–Trinajstić information content (AvgIpc) is 2.94. The van der Waals surface area contributed by atoms with Crippen LogP contribution < -0.4 is 15.4 Å². The molecule has 224 valence electrons. The normalized spacial score (nSPS) is 15.9. The number of Topliss-reactive ketones (excluding diaryl/α,β-unsaturated/α-hetero) is 1. The molecule has 0 bridgehead atoms. The van der Waals surface area contributed by atoms with E-state index in [1.54, 1.807) is 51.1 Å². The highest BCUT2D eigenvalue weighted by Crippen LogP contribution is 2.27. The van der Waals surface area contributed by atoms with Crippen molar-refractivity contribution in [1.82, 2.24) is 15.5 Å². The Kier molecular flexibility index (Phi) is 10.2. The van der Waals surface area contributed by atoms with Gasteiger partial charge in [-0.2, -0.15) is 0 Å². The molecule has 0 saturated carbocycles. The third-order valence-corrected chi connectivity index (χ3v) is 6.10. The van der Waals surface area contributed by atoms with Gasteiger partial charge in [0.1, 0.15) is 23.4 Å². The molecule has 42 heavy (non-hydrogen) atoms. The number of carboxylic acid groups (broad SMARTS) is 1. The van der Waals surface area contributed by atoms with Gasteiger partial charge in [0.05, 0.1) is 20.3 Å². The van der Waals surface area contributed by atoms with Crippen LogP contribution in [0.25, 0.3) is 0 Å². The summed E-state index contributed by atoms with van der Waals surface area (Å²) in [5, 5.41) is 14.4. The number of β-lactam (4-membered cyclic amide) rings is 1. The summed E-state index contributed by atoms with van der Waals surface area (Å²) in [4.78, 5) is 74.7. The van der Waals surface area contributed by atoms with E-state index in [9.17, 15) is 33.9 Å². The van der Waals surface area contributed by atoms with Gasteiger partial charge in [-0.25, -0.2) is 14.4 Å². The molecule has 0 spiro atoms. The molecule has 2 aromatic carbocycles. The molecule has 0 radical (unpaired) electrons. The summed E-state index contributed by atoms with van der Waals surface area (Å²) in [6, 6.07) is 10.6. The van der Waals surface area contributed by atoms with Gasteiger partial charge in [0.15, 0.2) is 6.04 Å². The monoisotopic (exact) mass is 583 g/mol. The lowest BCUT2D eigenvalue weighted by Gasteiger charge is -2.42. The Labute approximate surface area is 242 Å². The van der Waals surface area contributed by atoms with Gasteiger partial charge in [0, 0.05) is 12.0 Å². The van der Waals surface area contributed by atoms with Gasteiger partial charge in [-0.3, -0.25) is 14.4 Å². The molecule has 13 heteroatoms. The first kappa shape index (κ1) is 31.6. The molecule has 3 rings (SSSR count). The number of amides is 3. The van der Waals surface area contributed by atoms with Crippen LogP contribution in [0.2, 0.25) is 0 Å². The number of carboxylic acids is 1. The number of nitrogens with zero attached hydrogens (tertiary/aromatic N) is 1. The first-order chi connectivity index (χ1) is 19.8. The molecule has 1 aliphatic rings. The van der Waals surface area contributed by atoms with Crippen LogP contribution in [0.15, 0.2) is 54.6 Å². The molecule has 3 atom stereocenters. The fraction of sp³-hybridized carbons (Fsp3) is 0.379. The fourth-order valence-electron chi connectivity index (χ4n) is 4.08. The Morgan fingerprint density at radius 3 is 2.21 bits per heavy atom. The molecule has 3 unspecified atom stereocenters. The third kappa shape index (κ3) is 8.29. The summed E-state index contributed by atoms with van der Waals surface area (Å²) < 4.78 is 15.5. The van der Waals surface area contributed by atoms with E-state index in [0.717, 1.165) is 4.90 Å². The SMILES string of the molecule is COC(=O)C(CCOc1ccc(C(=O)C(=O)NC2CN(C(C(=O)O)c3ccccc3)C2=O)cc1)NC(=O)OC(C)(C)C. The lowest BCUT2D eigenvalue weighted by Crippen LogP contribution is -2.66. The lowest BCUT2D eigenvalue weighted by molar-refractivity contribution is -0.160. The summed E-state index contributed by atoms with van der Waals surface area (Å²) >= 11 is 0. The summed E-state index contributed by atoms with van der Waals surface area (Å²) in [5.41, 5.74) is -0.298. The molecular formula is C29H33N3O10. The second-order valence-electron chi connectivity index (χ2n) is 10.4. The summed E-state index contributed by atoms with van der Waals surface area (Å²) in [5.74, 6) is -4.07. The zero-order chi connectivity index (χ0) is 31.0. The number of ketones is 1. The topological polar surface area (TPSA) is 178 Å². The van der Waals surface area contributed by atoms with Gasteiger partial charge in [0.2, 0.25) is 11.7 Å². The van der Waals surface area contributed by atoms with Crippen molar-refractivity contribution >= 4 is 35.6 Å². The average molecular weight is 584 g/mol. The highest BCUT2D eigenvalue weighted by Gasteiger charge is 2.45. The second kappa shape index (κ2) is 13.6. The maximum absolute atomic E-state index is 12.6. The quantitative estimate of drug-likeness (QED) is 0.145. The highest BCUT2D eigenvalue weighted by molar-refractivity contribution is 6.43. The Morgan fingerprint density at radius 1 is 1.02 bits per heavy atom. The van der Waals surface area contributed by atoms with Crippen LogP contribution in [-0.2, 0) is 28.7 Å². The number of alkyl carbamates (subject to hydrolysis) is 1. The van der Waals surface area contributed by atoms with Gasteiger partial charge in [-0.1, -0.05) is 30.3 Å². The molecule has 1 heterocycles. The number of benzene rings is 2. The van der Waals surface area contributed by atoms with Crippen molar-refractivity contribution in [2.24, 2.45) is 0 Å². The van der Waals surface area contributed by atoms with Gasteiger partial charge in [-0.05, 0) is 50.6 Å². The molecule has 13 nitrogen and oxygen atoms in total. The Balaban J connectivity index is 1.50. The Hall–Kier alpha value is -4.94. The zero-order valence-corrected chi connectivity index (χ0v) is 23.6. The first-order valence-electron chi connectivity index (χ1n) is 13.0. The van der Waals surface area contributed by atoms with E-state index < -0.39 is 59.4 Å². The number of esters is 1. The fourth-order valence-corrected chi connectivity index (χ4v) is 4.08. The maximum Gasteiger partial charge on any atom is 0.408 e. The minimum absolute atomic E-state index is 0.00392. The van der Waals surface area contributed by atoms with Crippen LogP contribution in [-0.4, -0.2) is 83.6 Å². The van der Waals surface area contributed by atoms with Crippen molar-refractivity contribution in [1.29, 1.82) is 0 Å². The third-order valence-electron chi connectivity index (χ3n) is 6.10. The second-order valence-corrected chi connectivity index (χ2v) is 10.4. The van der Waals surface area contributed by atoms with Crippen LogP contribution in [0.4, 0.5) is 4.79 Å². The number of carbonyl (C=O) groups is 6. The van der Waals surface area contributed by atoms with Crippen molar-refractivity contribution in [3.05, 3.63) is 65.7 Å². The number of hydrogen-bond acceptors (Lipinski definition) is 9. The first-order valence-corrected chi connectivity index (χ1v) is 13.0. The van der Waals surface area contributed by atoms with E-state index in [-0.39, 0.29) is 25.1 Å². The number of rotatable bonds is 12. The van der Waals surface area contributed by atoms with Crippen molar-refractivity contribution in [3.8, 4) is 5.75 Å². The van der Waals surface area contributed by atoms with E-state index in [1.165, 1.54) is 31.4 Å². The molecule has 1 saturated heterocycles. The smallest absolute Gasteiger partial charge is 0.408 e. The van der Waals surface area contributed by atoms with Crippen LogP contribution in [0.5, 0.6) is 5.75 Å². The van der Waals surface area contributed by atoms with E-state index in [4.69, 9.17) is 14.2 Å². The van der Waals surface area contributed by atoms with Crippen LogP contribution in [0.3, 0.4) is 0 Å². The molecule has 0 aliphatic carbocycles. The van der Waals surface area contributed by atoms with E-state index in [1.807, 2.05) is 0 Å². The van der Waals surface area contributed by atoms with E-state index >= 15 is 0 Å². The molecule has 3 N–H and O–H groups in total. The molecule has 0 aromatic heterocycles. The van der Waals surface area contributed by atoms with E-state index in [2.05, 4.69) is 10.6 Å². The van der Waals surface area contributed by atoms with Gasteiger partial charge in [0.25, 0.3) is 5.91 Å². The van der Waals surface area contributed by atoms with Gasteiger partial charge >= 0.3 is 18.0 Å². The molecule has 1 aliphatic heterocycles. The van der Waals surface area contributed by atoms with Crippen LogP contribution in [0.1, 0.15) is 49.2 Å². The highest BCUT2D eigenvalue weighted by atomic mass is 16.6. The number of carbonyl (C=O) groups excluding carboxylic acids is 5. The summed E-state index contributed by atoms with van der Waals surface area (Å²) in [7, 11) is 1.19. The van der Waals surface area contributed by atoms with Crippen LogP contribution in [0, 0.1) is 0 Å². The number of likely N-dealkylation sites (tertiary alicyclic amines) is 1. The summed E-state index contributed by atoms with van der Waals surface area (Å²) in [6.07, 6.45) is -0.720. The number of ether oxygens (including phenoxy) is 3. The standard InChI is InChI=1S/C29H33N3O10/c1-29(2,3)42-28(39)31-20(27(38)40-4)14-15-41-19-12-10-18(11-13-19)23(33)24(34)30-21-16-32(25(21)35)22(26(36)37)17-8-6-5-7-9-17/h5-13,20-22H,14-16H2,1-4H3,(H,30,34)(H,31,39)(H,36,37).